The van der Waals surface area contributed by atoms with Crippen LogP contribution in [0.1, 0.15) is 11.4 Å². The number of hydrogen-bond acceptors (Lipinski definition) is 4. The highest BCUT2D eigenvalue weighted by atomic mass is 35.5. The number of fused-ring (bicyclic) bond motifs is 1. The van der Waals surface area contributed by atoms with Gasteiger partial charge in [0.25, 0.3) is 0 Å². The van der Waals surface area contributed by atoms with Gasteiger partial charge in [0.2, 0.25) is 0 Å². The molecule has 0 radical (unpaired) electrons. The molecule has 100 valence electrons. The van der Waals surface area contributed by atoms with E-state index in [2.05, 4.69) is 5.10 Å². The van der Waals surface area contributed by atoms with E-state index in [0.29, 0.717) is 18.1 Å². The molecule has 0 aliphatic rings. The van der Waals surface area contributed by atoms with E-state index in [1.807, 2.05) is 23.5 Å². The Balaban J connectivity index is 2.59. The average molecular weight is 273 g/mol. The molecule has 7 heteroatoms. The number of hydrogen-bond donors (Lipinski definition) is 2. The molecule has 2 rings (SSSR count). The van der Waals surface area contributed by atoms with Crippen molar-refractivity contribution in [3.63, 3.8) is 0 Å². The second-order valence-corrected chi connectivity index (χ2v) is 4.52. The topological polar surface area (TPSA) is 65.9 Å². The van der Waals surface area contributed by atoms with Gasteiger partial charge >= 0.3 is 0 Å². The minimum atomic E-state index is 0.00852. The van der Waals surface area contributed by atoms with Crippen molar-refractivity contribution in [1.29, 1.82) is 0 Å². The van der Waals surface area contributed by atoms with Crippen LogP contribution in [0, 0.1) is 13.8 Å². The molecule has 0 unspecified atom stereocenters. The van der Waals surface area contributed by atoms with Crippen molar-refractivity contribution in [3.05, 3.63) is 22.6 Å². The van der Waals surface area contributed by atoms with Crippen molar-refractivity contribution in [2.45, 2.75) is 13.8 Å². The molecule has 0 aliphatic heterocycles. The second kappa shape index (κ2) is 5.17. The lowest BCUT2D eigenvalue weighted by molar-refractivity contribution is 0.265. The molecule has 0 aromatic carbocycles. The Morgan fingerprint density at radius 1 is 1.22 bits per heavy atom. The van der Waals surface area contributed by atoms with Crippen LogP contribution in [0.4, 0.5) is 0 Å². The zero-order valence-corrected chi connectivity index (χ0v) is 11.2. The predicted octanol–water partition coefficient (Wildman–Crippen LogP) is 0.329. The van der Waals surface area contributed by atoms with Crippen molar-refractivity contribution in [1.82, 2.24) is 14.3 Å². The number of aryl methyl sites for hydroxylation is 1. The van der Waals surface area contributed by atoms with Crippen molar-refractivity contribution in [2.75, 3.05) is 31.3 Å². The number of imidazole rings is 1. The minimum absolute atomic E-state index is 0.00852. The van der Waals surface area contributed by atoms with Crippen LogP contribution in [0.3, 0.4) is 0 Å². The number of rotatable bonds is 5. The third kappa shape index (κ3) is 1.96. The molecule has 0 spiro atoms. The standard InChI is InChI=1S/C11H17ClN4O2/c1-8-9(2)16(14(3-5-17)4-6-18)11-10(12)7-13-15(8)11/h7,17-18H,3-6H2,1-2H3. The molecule has 2 heterocycles. The van der Waals surface area contributed by atoms with E-state index in [0.717, 1.165) is 17.0 Å². The first kappa shape index (κ1) is 13.2. The lowest BCUT2D eigenvalue weighted by atomic mass is 10.4. The normalized spacial score (nSPS) is 11.4. The summed E-state index contributed by atoms with van der Waals surface area (Å²) >= 11 is 6.15. The van der Waals surface area contributed by atoms with Crippen LogP contribution < -0.4 is 5.01 Å². The summed E-state index contributed by atoms with van der Waals surface area (Å²) in [6.45, 7) is 4.78. The van der Waals surface area contributed by atoms with Crippen LogP contribution in [-0.4, -0.2) is 50.8 Å². The smallest absolute Gasteiger partial charge is 0.173 e. The van der Waals surface area contributed by atoms with Crippen molar-refractivity contribution in [3.8, 4) is 0 Å². The Bertz CT molecular complexity index is 543. The van der Waals surface area contributed by atoms with Crippen LogP contribution in [0.5, 0.6) is 0 Å². The Morgan fingerprint density at radius 2 is 1.83 bits per heavy atom. The Hall–Kier alpha value is -1.24. The average Bonchev–Trinajstić information content (AvgIpc) is 2.82. The molecular weight excluding hydrogens is 256 g/mol. The molecule has 18 heavy (non-hydrogen) atoms. The van der Waals surface area contributed by atoms with Gasteiger partial charge in [-0.25, -0.2) is 9.19 Å². The van der Waals surface area contributed by atoms with Crippen molar-refractivity contribution < 1.29 is 10.2 Å². The minimum Gasteiger partial charge on any atom is -0.394 e. The number of aliphatic hydroxyl groups excluding tert-OH is 2. The van der Waals surface area contributed by atoms with Gasteiger partial charge in [-0.3, -0.25) is 0 Å². The maximum Gasteiger partial charge on any atom is 0.173 e. The van der Waals surface area contributed by atoms with E-state index in [1.165, 1.54) is 0 Å². The quantitative estimate of drug-likeness (QED) is 0.823. The van der Waals surface area contributed by atoms with Gasteiger partial charge in [0.05, 0.1) is 43.9 Å². The third-order valence-corrected chi connectivity index (χ3v) is 3.33. The van der Waals surface area contributed by atoms with E-state index >= 15 is 0 Å². The van der Waals surface area contributed by atoms with E-state index in [-0.39, 0.29) is 13.2 Å². The highest BCUT2D eigenvalue weighted by Crippen LogP contribution is 2.23. The molecule has 2 N–H and O–H groups in total. The van der Waals surface area contributed by atoms with Gasteiger partial charge in [-0.05, 0) is 13.8 Å². The molecule has 0 saturated heterocycles. The maximum atomic E-state index is 9.12. The molecule has 0 amide bonds. The number of aliphatic hydroxyl groups is 2. The van der Waals surface area contributed by atoms with Gasteiger partial charge in [0, 0.05) is 0 Å². The summed E-state index contributed by atoms with van der Waals surface area (Å²) < 4.78 is 3.66. The summed E-state index contributed by atoms with van der Waals surface area (Å²) in [7, 11) is 0. The highest BCUT2D eigenvalue weighted by molar-refractivity contribution is 6.33. The fourth-order valence-corrected chi connectivity index (χ4v) is 2.32. The largest absolute Gasteiger partial charge is 0.394 e. The fraction of sp³-hybridized carbons (Fsp3) is 0.545. The number of aromatic nitrogens is 3. The first-order valence-corrected chi connectivity index (χ1v) is 6.17. The SMILES string of the molecule is Cc1c(C)n2ncc(Cl)c2n1N(CCO)CCO. The van der Waals surface area contributed by atoms with E-state index < -0.39 is 0 Å². The van der Waals surface area contributed by atoms with Gasteiger partial charge < -0.3 is 15.2 Å². The summed E-state index contributed by atoms with van der Waals surface area (Å²) in [5, 5.41) is 24.9. The Labute approximate surface area is 110 Å². The Morgan fingerprint density at radius 3 is 2.39 bits per heavy atom. The zero-order valence-electron chi connectivity index (χ0n) is 10.5. The molecule has 2 aromatic rings. The van der Waals surface area contributed by atoms with E-state index in [1.54, 1.807) is 10.7 Å². The number of halogens is 1. The molecule has 2 aromatic heterocycles. The molecule has 0 atom stereocenters. The molecule has 0 fully saturated rings. The maximum absolute atomic E-state index is 9.12. The van der Waals surface area contributed by atoms with Crippen LogP contribution in [0.25, 0.3) is 5.65 Å². The van der Waals surface area contributed by atoms with Crippen LogP contribution in [0.2, 0.25) is 5.02 Å². The summed E-state index contributed by atoms with van der Waals surface area (Å²) in [4.78, 5) is 0. The number of nitrogens with zero attached hydrogens (tertiary/aromatic N) is 4. The first-order chi connectivity index (χ1) is 8.61. The molecule has 6 nitrogen and oxygen atoms in total. The summed E-state index contributed by atoms with van der Waals surface area (Å²) in [6.07, 6.45) is 1.59. The van der Waals surface area contributed by atoms with Crippen LogP contribution in [0.15, 0.2) is 6.20 Å². The van der Waals surface area contributed by atoms with Gasteiger partial charge in [-0.1, -0.05) is 11.6 Å². The summed E-state index contributed by atoms with van der Waals surface area (Å²) in [5.74, 6) is 0. The lowest BCUT2D eigenvalue weighted by Crippen LogP contribution is -2.40. The van der Waals surface area contributed by atoms with Gasteiger partial charge in [-0.15, -0.1) is 0 Å². The van der Waals surface area contributed by atoms with E-state index in [9.17, 15) is 0 Å². The Kier molecular flexibility index (Phi) is 3.79. The monoisotopic (exact) mass is 272 g/mol. The third-order valence-electron chi connectivity index (χ3n) is 3.06. The van der Waals surface area contributed by atoms with Crippen LogP contribution in [-0.2, 0) is 0 Å². The van der Waals surface area contributed by atoms with Crippen molar-refractivity contribution >= 4 is 17.2 Å². The molecule has 0 aliphatic carbocycles. The van der Waals surface area contributed by atoms with Gasteiger partial charge in [-0.2, -0.15) is 5.10 Å². The summed E-state index contributed by atoms with van der Waals surface area (Å²) in [5.41, 5.74) is 2.73. The zero-order chi connectivity index (χ0) is 13.3. The first-order valence-electron chi connectivity index (χ1n) is 5.80. The van der Waals surface area contributed by atoms with Crippen LogP contribution >= 0.6 is 11.6 Å². The highest BCUT2D eigenvalue weighted by Gasteiger charge is 2.19. The van der Waals surface area contributed by atoms with Gasteiger partial charge in [0.15, 0.2) is 5.65 Å². The molecule has 0 bridgehead atoms. The van der Waals surface area contributed by atoms with Gasteiger partial charge in [0.1, 0.15) is 5.02 Å². The second-order valence-electron chi connectivity index (χ2n) is 4.11. The molecular formula is C11H17ClN4O2. The summed E-state index contributed by atoms with van der Waals surface area (Å²) in [6, 6.07) is 0. The molecule has 0 saturated carbocycles. The van der Waals surface area contributed by atoms with Crippen molar-refractivity contribution in [2.24, 2.45) is 0 Å². The fourth-order valence-electron chi connectivity index (χ4n) is 2.11. The lowest BCUT2D eigenvalue weighted by Gasteiger charge is -2.26. The predicted molar refractivity (Wildman–Crippen MR) is 69.8 cm³/mol. The van der Waals surface area contributed by atoms with E-state index in [4.69, 9.17) is 21.8 Å².